The second kappa shape index (κ2) is 6.97. The molecule has 1 aromatic rings. The van der Waals surface area contributed by atoms with E-state index in [4.69, 9.17) is 0 Å². The maximum absolute atomic E-state index is 13.8. The van der Waals surface area contributed by atoms with E-state index in [0.29, 0.717) is 0 Å². The molecule has 0 aliphatic heterocycles. The number of hydrogen-bond donors (Lipinski definition) is 1. The highest BCUT2D eigenvalue weighted by atomic mass is 32.2. The Kier molecular flexibility index (Phi) is 5.92. The van der Waals surface area contributed by atoms with Gasteiger partial charge in [-0.2, -0.15) is 20.5 Å². The zero-order valence-electron chi connectivity index (χ0n) is 10.2. The van der Waals surface area contributed by atoms with Gasteiger partial charge in [0.2, 0.25) is 0 Å². The van der Waals surface area contributed by atoms with Crippen molar-refractivity contribution in [1.82, 2.24) is 5.32 Å². The molecule has 1 aromatic carbocycles. The maximum Gasteiger partial charge on any atom is 0.285 e. The number of hydrogen-bond acceptors (Lipinski definition) is 2. The quantitative estimate of drug-likeness (QED) is 0.804. The summed E-state index contributed by atoms with van der Waals surface area (Å²) in [6.07, 6.45) is 2.85. The first-order valence-corrected chi connectivity index (χ1v) is 7.15. The van der Waals surface area contributed by atoms with Crippen LogP contribution in [0.5, 0.6) is 0 Å². The van der Waals surface area contributed by atoms with Crippen molar-refractivity contribution < 1.29 is 8.78 Å². The van der Waals surface area contributed by atoms with Gasteiger partial charge in [0.05, 0.1) is 6.54 Å². The van der Waals surface area contributed by atoms with E-state index in [9.17, 15) is 8.78 Å². The molecule has 0 amide bonds. The molecule has 0 fully saturated rings. The molecule has 17 heavy (non-hydrogen) atoms. The minimum Gasteiger partial charge on any atom is -0.307 e. The molecule has 1 nitrogen and oxygen atoms in total. The summed E-state index contributed by atoms with van der Waals surface area (Å²) in [5.74, 6) is -1.94. The minimum absolute atomic E-state index is 0.0755. The standard InChI is InChI=1S/C13H19F2NS/c1-3-12(9-17-2)16-10-13(14,15)11-7-5-4-6-8-11/h4-8,12,16H,3,9-10H2,1-2H3. The minimum atomic E-state index is -2.80. The molecule has 96 valence electrons. The predicted octanol–water partition coefficient (Wildman–Crippen LogP) is 3.51. The Balaban J connectivity index is 2.55. The molecule has 1 N–H and O–H groups in total. The molecule has 0 aliphatic carbocycles. The van der Waals surface area contributed by atoms with Crippen LogP contribution in [0.1, 0.15) is 18.9 Å². The molecule has 1 atom stereocenters. The van der Waals surface area contributed by atoms with E-state index < -0.39 is 5.92 Å². The van der Waals surface area contributed by atoms with E-state index in [2.05, 4.69) is 5.32 Å². The lowest BCUT2D eigenvalue weighted by molar-refractivity contribution is -0.00522. The Hall–Kier alpha value is -0.610. The Labute approximate surface area is 106 Å². The average Bonchev–Trinajstić information content (AvgIpc) is 2.35. The zero-order chi connectivity index (χ0) is 12.7. The number of alkyl halides is 2. The van der Waals surface area contributed by atoms with Crippen LogP contribution in [0, 0.1) is 0 Å². The summed E-state index contributed by atoms with van der Waals surface area (Å²) < 4.78 is 27.6. The molecule has 1 rings (SSSR count). The lowest BCUT2D eigenvalue weighted by Crippen LogP contribution is -2.38. The van der Waals surface area contributed by atoms with Gasteiger partial charge in [0.25, 0.3) is 5.92 Å². The molecule has 0 aliphatic rings. The van der Waals surface area contributed by atoms with Crippen molar-refractivity contribution >= 4 is 11.8 Å². The van der Waals surface area contributed by atoms with Crippen LogP contribution in [0.4, 0.5) is 8.78 Å². The molecule has 1 unspecified atom stereocenters. The van der Waals surface area contributed by atoms with Crippen molar-refractivity contribution in [3.8, 4) is 0 Å². The number of halogens is 2. The Morgan fingerprint density at radius 3 is 2.47 bits per heavy atom. The molecule has 0 heterocycles. The third-order valence-corrected chi connectivity index (χ3v) is 3.41. The van der Waals surface area contributed by atoms with E-state index in [0.717, 1.165) is 12.2 Å². The van der Waals surface area contributed by atoms with Crippen LogP contribution < -0.4 is 5.32 Å². The van der Waals surface area contributed by atoms with Crippen LogP contribution in [-0.2, 0) is 5.92 Å². The van der Waals surface area contributed by atoms with Gasteiger partial charge in [-0.05, 0) is 12.7 Å². The fourth-order valence-corrected chi connectivity index (χ4v) is 2.33. The first kappa shape index (κ1) is 14.5. The first-order valence-electron chi connectivity index (χ1n) is 5.75. The summed E-state index contributed by atoms with van der Waals surface area (Å²) in [5.41, 5.74) is 0.0755. The van der Waals surface area contributed by atoms with E-state index in [1.807, 2.05) is 13.2 Å². The highest BCUT2D eigenvalue weighted by Crippen LogP contribution is 2.26. The fourth-order valence-electron chi connectivity index (χ4n) is 1.58. The van der Waals surface area contributed by atoms with Gasteiger partial charge in [0.1, 0.15) is 0 Å². The Morgan fingerprint density at radius 2 is 1.94 bits per heavy atom. The summed E-state index contributed by atoms with van der Waals surface area (Å²) in [5, 5.41) is 2.94. The van der Waals surface area contributed by atoms with Crippen LogP contribution in [0.15, 0.2) is 30.3 Å². The van der Waals surface area contributed by atoms with E-state index >= 15 is 0 Å². The van der Waals surface area contributed by atoms with Crippen LogP contribution in [0.2, 0.25) is 0 Å². The zero-order valence-corrected chi connectivity index (χ0v) is 11.1. The Bertz CT molecular complexity index is 316. The second-order valence-corrected chi connectivity index (χ2v) is 4.92. The smallest absolute Gasteiger partial charge is 0.285 e. The van der Waals surface area contributed by atoms with Gasteiger partial charge in [-0.3, -0.25) is 0 Å². The van der Waals surface area contributed by atoms with Crippen molar-refractivity contribution in [2.75, 3.05) is 18.6 Å². The highest BCUT2D eigenvalue weighted by Gasteiger charge is 2.31. The fraction of sp³-hybridized carbons (Fsp3) is 0.538. The summed E-state index contributed by atoms with van der Waals surface area (Å²) in [7, 11) is 0. The number of thioether (sulfide) groups is 1. The molecule has 0 bridgehead atoms. The van der Waals surface area contributed by atoms with Crippen LogP contribution in [0.3, 0.4) is 0 Å². The maximum atomic E-state index is 13.8. The largest absolute Gasteiger partial charge is 0.307 e. The number of rotatable bonds is 7. The third-order valence-electron chi connectivity index (χ3n) is 2.67. The van der Waals surface area contributed by atoms with E-state index in [1.165, 1.54) is 12.1 Å². The van der Waals surface area contributed by atoms with Crippen molar-refractivity contribution in [3.05, 3.63) is 35.9 Å². The lowest BCUT2D eigenvalue weighted by Gasteiger charge is -2.22. The number of nitrogens with one attached hydrogen (secondary N) is 1. The molecule has 4 heteroatoms. The van der Waals surface area contributed by atoms with Crippen molar-refractivity contribution in [2.24, 2.45) is 0 Å². The molecule has 0 saturated heterocycles. The molecule has 0 saturated carbocycles. The second-order valence-electron chi connectivity index (χ2n) is 4.01. The summed E-state index contributed by atoms with van der Waals surface area (Å²) in [4.78, 5) is 0. The van der Waals surface area contributed by atoms with E-state index in [-0.39, 0.29) is 18.2 Å². The normalized spacial score (nSPS) is 13.6. The predicted molar refractivity (Wildman–Crippen MR) is 70.8 cm³/mol. The van der Waals surface area contributed by atoms with Crippen LogP contribution in [-0.4, -0.2) is 24.6 Å². The highest BCUT2D eigenvalue weighted by molar-refractivity contribution is 7.98. The molecule has 0 spiro atoms. The van der Waals surface area contributed by atoms with Crippen LogP contribution >= 0.6 is 11.8 Å². The van der Waals surface area contributed by atoms with Crippen molar-refractivity contribution in [1.29, 1.82) is 0 Å². The number of benzene rings is 1. The van der Waals surface area contributed by atoms with Gasteiger partial charge in [0, 0.05) is 17.4 Å². The van der Waals surface area contributed by atoms with Crippen LogP contribution in [0.25, 0.3) is 0 Å². The summed E-state index contributed by atoms with van der Waals surface area (Å²) in [6.45, 7) is 1.71. The van der Waals surface area contributed by atoms with Gasteiger partial charge in [-0.15, -0.1) is 0 Å². The summed E-state index contributed by atoms with van der Waals surface area (Å²) >= 11 is 1.67. The van der Waals surface area contributed by atoms with Crippen molar-refractivity contribution in [2.45, 2.75) is 25.3 Å². The molecular formula is C13H19F2NS. The van der Waals surface area contributed by atoms with Gasteiger partial charge in [-0.25, -0.2) is 0 Å². The van der Waals surface area contributed by atoms with E-state index in [1.54, 1.807) is 30.0 Å². The SMILES string of the molecule is CCC(CSC)NCC(F)(F)c1ccccc1. The molecular weight excluding hydrogens is 240 g/mol. The molecule has 0 radical (unpaired) electrons. The summed E-state index contributed by atoms with van der Waals surface area (Å²) in [6, 6.07) is 8.12. The first-order chi connectivity index (χ1) is 8.10. The van der Waals surface area contributed by atoms with Crippen molar-refractivity contribution in [3.63, 3.8) is 0 Å². The average molecular weight is 259 g/mol. The third kappa shape index (κ3) is 4.64. The topological polar surface area (TPSA) is 12.0 Å². The monoisotopic (exact) mass is 259 g/mol. The van der Waals surface area contributed by atoms with Gasteiger partial charge >= 0.3 is 0 Å². The molecule has 0 aromatic heterocycles. The lowest BCUT2D eigenvalue weighted by atomic mass is 10.1. The Morgan fingerprint density at radius 1 is 1.29 bits per heavy atom. The van der Waals surface area contributed by atoms with Gasteiger partial charge in [0.15, 0.2) is 0 Å². The van der Waals surface area contributed by atoms with Gasteiger partial charge in [-0.1, -0.05) is 37.3 Å². The van der Waals surface area contributed by atoms with Gasteiger partial charge < -0.3 is 5.32 Å².